The lowest BCUT2D eigenvalue weighted by Gasteiger charge is -2.20. The van der Waals surface area contributed by atoms with E-state index >= 15 is 0 Å². The standard InChI is InChI=1S/C23H28FN3O4S/c1-14(2)21-20(11-10-18(29)13-19(30)12-15(3)28)22(16-6-8-17(24)9-7-16)26-23(25-21)27(4)32-31-5/h6-11,14,19,30H,12-13H2,1-5H3/b11-10+. The predicted molar refractivity (Wildman–Crippen MR) is 124 cm³/mol. The number of ketones is 2. The second kappa shape index (κ2) is 11.8. The summed E-state index contributed by atoms with van der Waals surface area (Å²) >= 11 is 1.07. The van der Waals surface area contributed by atoms with Crippen molar-refractivity contribution in [3.8, 4) is 11.3 Å². The van der Waals surface area contributed by atoms with Crippen LogP contribution in [0.4, 0.5) is 10.3 Å². The molecular weight excluding hydrogens is 433 g/mol. The van der Waals surface area contributed by atoms with Gasteiger partial charge in [0, 0.05) is 31.0 Å². The van der Waals surface area contributed by atoms with E-state index in [-0.39, 0.29) is 36.1 Å². The molecule has 2 rings (SSSR count). The number of aromatic nitrogens is 2. The van der Waals surface area contributed by atoms with Crippen LogP contribution in [-0.4, -0.2) is 46.9 Å². The molecule has 2 aromatic rings. The second-order valence-electron chi connectivity index (χ2n) is 7.64. The van der Waals surface area contributed by atoms with Gasteiger partial charge in [0.25, 0.3) is 0 Å². The second-order valence-corrected chi connectivity index (χ2v) is 8.67. The minimum atomic E-state index is -1.02. The Balaban J connectivity index is 2.54. The van der Waals surface area contributed by atoms with E-state index in [4.69, 9.17) is 4.18 Å². The fraction of sp³-hybridized carbons (Fsp3) is 0.391. The minimum Gasteiger partial charge on any atom is -0.392 e. The van der Waals surface area contributed by atoms with E-state index in [0.717, 1.165) is 12.2 Å². The molecule has 1 heterocycles. The van der Waals surface area contributed by atoms with Crippen molar-refractivity contribution >= 4 is 35.8 Å². The Bertz CT molecular complexity index is 980. The minimum absolute atomic E-state index is 0.00468. The number of anilines is 1. The summed E-state index contributed by atoms with van der Waals surface area (Å²) in [5.74, 6) is -0.479. The molecule has 0 spiro atoms. The van der Waals surface area contributed by atoms with Gasteiger partial charge in [-0.05, 0) is 49.3 Å². The molecule has 1 unspecified atom stereocenters. The van der Waals surface area contributed by atoms with Gasteiger partial charge in [0.1, 0.15) is 23.8 Å². The van der Waals surface area contributed by atoms with Gasteiger partial charge in [-0.3, -0.25) is 18.1 Å². The number of carbonyl (C=O) groups excluding carboxylic acids is 2. The van der Waals surface area contributed by atoms with E-state index in [0.29, 0.717) is 28.5 Å². The van der Waals surface area contributed by atoms with Crippen molar-refractivity contribution < 1.29 is 23.3 Å². The van der Waals surface area contributed by atoms with Crippen LogP contribution in [-0.2, 0) is 13.8 Å². The van der Waals surface area contributed by atoms with Crippen molar-refractivity contribution in [3.05, 3.63) is 47.4 Å². The fourth-order valence-electron chi connectivity index (χ4n) is 3.07. The maximum absolute atomic E-state index is 13.5. The van der Waals surface area contributed by atoms with E-state index in [1.54, 1.807) is 29.6 Å². The molecule has 1 aromatic heterocycles. The monoisotopic (exact) mass is 461 g/mol. The number of Topliss-reactive ketones (excluding diaryl/α,β-unsaturated/α-hetero) is 1. The van der Waals surface area contributed by atoms with Gasteiger partial charge < -0.3 is 5.11 Å². The van der Waals surface area contributed by atoms with Crippen molar-refractivity contribution in [2.45, 2.75) is 45.6 Å². The maximum Gasteiger partial charge on any atom is 0.237 e. The van der Waals surface area contributed by atoms with E-state index in [2.05, 4.69) is 9.97 Å². The van der Waals surface area contributed by atoms with Crippen LogP contribution >= 0.6 is 12.2 Å². The van der Waals surface area contributed by atoms with Gasteiger partial charge in [0.05, 0.1) is 24.6 Å². The molecule has 1 aromatic carbocycles. The first-order valence-corrected chi connectivity index (χ1v) is 10.8. The number of halogens is 1. The molecule has 0 saturated carbocycles. The maximum atomic E-state index is 13.5. The van der Waals surface area contributed by atoms with Crippen molar-refractivity contribution in [2.24, 2.45) is 0 Å². The molecule has 0 aliphatic heterocycles. The average Bonchev–Trinajstić information content (AvgIpc) is 2.71. The van der Waals surface area contributed by atoms with E-state index in [9.17, 15) is 19.1 Å². The zero-order chi connectivity index (χ0) is 23.8. The molecule has 1 N–H and O–H groups in total. The van der Waals surface area contributed by atoms with Gasteiger partial charge in [-0.15, -0.1) is 0 Å². The molecule has 0 bridgehead atoms. The number of nitrogens with zero attached hydrogens (tertiary/aromatic N) is 3. The summed E-state index contributed by atoms with van der Waals surface area (Å²) in [6.07, 6.45) is 1.71. The zero-order valence-electron chi connectivity index (χ0n) is 18.8. The molecule has 0 aliphatic rings. The Kier molecular flexibility index (Phi) is 9.49. The van der Waals surface area contributed by atoms with Gasteiger partial charge in [0.2, 0.25) is 5.95 Å². The van der Waals surface area contributed by atoms with Crippen LogP contribution in [0, 0.1) is 5.82 Å². The Morgan fingerprint density at radius 3 is 2.44 bits per heavy atom. The van der Waals surface area contributed by atoms with Gasteiger partial charge in [-0.2, -0.15) is 0 Å². The van der Waals surface area contributed by atoms with E-state index < -0.39 is 6.10 Å². The van der Waals surface area contributed by atoms with Crippen LogP contribution in [0.25, 0.3) is 17.3 Å². The normalized spacial score (nSPS) is 12.4. The van der Waals surface area contributed by atoms with Crippen LogP contribution in [0.3, 0.4) is 0 Å². The third-order valence-corrected chi connectivity index (χ3v) is 5.03. The zero-order valence-corrected chi connectivity index (χ0v) is 19.6. The highest BCUT2D eigenvalue weighted by Gasteiger charge is 2.19. The smallest absolute Gasteiger partial charge is 0.237 e. The number of benzene rings is 1. The van der Waals surface area contributed by atoms with Crippen molar-refractivity contribution in [3.63, 3.8) is 0 Å². The average molecular weight is 462 g/mol. The summed E-state index contributed by atoms with van der Waals surface area (Å²) in [4.78, 5) is 32.8. The molecule has 0 amide bonds. The lowest BCUT2D eigenvalue weighted by atomic mass is 9.97. The predicted octanol–water partition coefficient (Wildman–Crippen LogP) is 4.36. The highest BCUT2D eigenvalue weighted by molar-refractivity contribution is 7.96. The number of allylic oxidation sites excluding steroid dienone is 1. The Labute approximate surface area is 192 Å². The largest absolute Gasteiger partial charge is 0.392 e. The Hall–Kier alpha value is -2.62. The summed E-state index contributed by atoms with van der Waals surface area (Å²) < 4.78 is 20.3. The Morgan fingerprint density at radius 1 is 1.22 bits per heavy atom. The highest BCUT2D eigenvalue weighted by Crippen LogP contribution is 2.32. The van der Waals surface area contributed by atoms with E-state index in [1.165, 1.54) is 32.2 Å². The van der Waals surface area contributed by atoms with Gasteiger partial charge >= 0.3 is 0 Å². The number of carbonyl (C=O) groups is 2. The first kappa shape index (κ1) is 25.6. The quantitative estimate of drug-likeness (QED) is 0.300. The summed E-state index contributed by atoms with van der Waals surface area (Å²) in [7, 11) is 3.30. The summed E-state index contributed by atoms with van der Waals surface area (Å²) in [6.45, 7) is 5.31. The van der Waals surface area contributed by atoms with Crippen LogP contribution in [0.1, 0.15) is 50.8 Å². The molecule has 9 heteroatoms. The van der Waals surface area contributed by atoms with Gasteiger partial charge in [-0.1, -0.05) is 13.8 Å². The molecule has 0 aliphatic carbocycles. The SMILES string of the molecule is COSN(C)c1nc(-c2ccc(F)cc2)c(/C=C/C(=O)CC(O)CC(C)=O)c(C(C)C)n1. The lowest BCUT2D eigenvalue weighted by Crippen LogP contribution is -2.15. The van der Waals surface area contributed by atoms with Gasteiger partial charge in [-0.25, -0.2) is 14.4 Å². The third-order valence-electron chi connectivity index (χ3n) is 4.49. The third kappa shape index (κ3) is 7.22. The first-order chi connectivity index (χ1) is 15.1. The molecule has 1 atom stereocenters. The summed E-state index contributed by atoms with van der Waals surface area (Å²) in [5, 5.41) is 9.88. The molecule has 0 radical (unpaired) electrons. The van der Waals surface area contributed by atoms with Crippen LogP contribution < -0.4 is 4.31 Å². The summed E-state index contributed by atoms with van der Waals surface area (Å²) in [6, 6.07) is 5.92. The van der Waals surface area contributed by atoms with Gasteiger partial charge in [0.15, 0.2) is 5.78 Å². The van der Waals surface area contributed by atoms with E-state index in [1.807, 2.05) is 13.8 Å². The number of aliphatic hydroxyl groups excluding tert-OH is 1. The molecular formula is C23H28FN3O4S. The highest BCUT2D eigenvalue weighted by atomic mass is 32.2. The number of aliphatic hydroxyl groups is 1. The topological polar surface area (TPSA) is 92.6 Å². The molecule has 0 saturated heterocycles. The molecule has 7 nitrogen and oxygen atoms in total. The van der Waals surface area contributed by atoms with Crippen LogP contribution in [0.2, 0.25) is 0 Å². The van der Waals surface area contributed by atoms with Crippen LogP contribution in [0.5, 0.6) is 0 Å². The van der Waals surface area contributed by atoms with Crippen molar-refractivity contribution in [1.29, 1.82) is 0 Å². The Morgan fingerprint density at radius 2 is 1.88 bits per heavy atom. The number of rotatable bonds is 11. The van der Waals surface area contributed by atoms with Crippen molar-refractivity contribution in [2.75, 3.05) is 18.5 Å². The summed E-state index contributed by atoms with van der Waals surface area (Å²) in [5.41, 5.74) is 2.53. The molecule has 172 valence electrons. The fourth-order valence-corrected chi connectivity index (χ4v) is 3.45. The van der Waals surface area contributed by atoms with Crippen molar-refractivity contribution in [1.82, 2.24) is 9.97 Å². The lowest BCUT2D eigenvalue weighted by molar-refractivity contribution is -0.120. The number of hydrogen-bond acceptors (Lipinski definition) is 8. The first-order valence-electron chi connectivity index (χ1n) is 10.1. The molecule has 32 heavy (non-hydrogen) atoms. The molecule has 0 fully saturated rings. The number of hydrogen-bond donors (Lipinski definition) is 1. The van der Waals surface area contributed by atoms with Crippen LogP contribution in [0.15, 0.2) is 30.3 Å².